The zero-order valence-electron chi connectivity index (χ0n) is 12.8. The van der Waals surface area contributed by atoms with Crippen LogP contribution in [0.25, 0.3) is 0 Å². The molecule has 0 atom stereocenters. The van der Waals surface area contributed by atoms with Gasteiger partial charge in [-0.05, 0) is 33.6 Å². The Bertz CT molecular complexity index is 502. The molecule has 1 saturated carbocycles. The van der Waals surface area contributed by atoms with Crippen molar-refractivity contribution in [1.82, 2.24) is 9.88 Å². The van der Waals surface area contributed by atoms with Crippen molar-refractivity contribution in [2.24, 2.45) is 0 Å². The molecule has 1 aromatic rings. The molecule has 0 N–H and O–H groups in total. The van der Waals surface area contributed by atoms with Crippen LogP contribution in [0, 0.1) is 0 Å². The van der Waals surface area contributed by atoms with Gasteiger partial charge in [-0.1, -0.05) is 0 Å². The van der Waals surface area contributed by atoms with E-state index in [4.69, 9.17) is 9.47 Å². The van der Waals surface area contributed by atoms with Gasteiger partial charge in [-0.3, -0.25) is 4.79 Å². The smallest absolute Gasteiger partial charge is 0.272 e. The van der Waals surface area contributed by atoms with Crippen LogP contribution in [0.15, 0.2) is 12.3 Å². The molecule has 0 radical (unpaired) electrons. The van der Waals surface area contributed by atoms with Crippen LogP contribution in [0.4, 0.5) is 0 Å². The molecule has 5 nitrogen and oxygen atoms in total. The van der Waals surface area contributed by atoms with E-state index in [9.17, 15) is 4.79 Å². The largest absolute Gasteiger partial charge is 0.486 e. The highest BCUT2D eigenvalue weighted by Crippen LogP contribution is 2.35. The molecule has 110 valence electrons. The fourth-order valence-corrected chi connectivity index (χ4v) is 1.63. The van der Waals surface area contributed by atoms with Crippen LogP contribution in [0.5, 0.6) is 11.5 Å². The van der Waals surface area contributed by atoms with Gasteiger partial charge >= 0.3 is 0 Å². The van der Waals surface area contributed by atoms with Crippen molar-refractivity contribution in [2.75, 3.05) is 14.1 Å². The van der Waals surface area contributed by atoms with Crippen molar-refractivity contribution in [3.63, 3.8) is 0 Å². The number of hydrogen-bond acceptors (Lipinski definition) is 4. The Hall–Kier alpha value is -1.78. The predicted octanol–water partition coefficient (Wildman–Crippen LogP) is 2.50. The molecule has 0 aliphatic heterocycles. The number of hydrogen-bond donors (Lipinski definition) is 0. The maximum absolute atomic E-state index is 12.0. The summed E-state index contributed by atoms with van der Waals surface area (Å²) in [6.07, 6.45) is 3.91. The zero-order valence-corrected chi connectivity index (χ0v) is 12.8. The van der Waals surface area contributed by atoms with Crippen LogP contribution < -0.4 is 9.47 Å². The lowest BCUT2D eigenvalue weighted by molar-refractivity contribution is 0.0820. The number of ether oxygens (including phenoxy) is 2. The zero-order chi connectivity index (χ0) is 14.9. The minimum Gasteiger partial charge on any atom is -0.486 e. The molecular formula is C15H22N2O3. The molecule has 0 spiro atoms. The summed E-state index contributed by atoms with van der Waals surface area (Å²) in [4.78, 5) is 17.6. The van der Waals surface area contributed by atoms with Gasteiger partial charge in [-0.25, -0.2) is 4.98 Å². The molecule has 1 fully saturated rings. The lowest BCUT2D eigenvalue weighted by atomic mass is 10.2. The van der Waals surface area contributed by atoms with E-state index in [1.165, 1.54) is 4.90 Å². The van der Waals surface area contributed by atoms with Gasteiger partial charge in [-0.15, -0.1) is 0 Å². The van der Waals surface area contributed by atoms with E-state index in [0.717, 1.165) is 12.8 Å². The molecule has 0 unspecified atom stereocenters. The average molecular weight is 278 g/mol. The van der Waals surface area contributed by atoms with E-state index in [1.807, 2.05) is 20.8 Å². The van der Waals surface area contributed by atoms with Crippen LogP contribution in [-0.2, 0) is 0 Å². The Balaban J connectivity index is 2.29. The summed E-state index contributed by atoms with van der Waals surface area (Å²) in [6, 6.07) is 1.67. The summed E-state index contributed by atoms with van der Waals surface area (Å²) in [6.45, 7) is 5.90. The molecule has 20 heavy (non-hydrogen) atoms. The molecule has 0 bridgehead atoms. The second-order valence-corrected chi connectivity index (χ2v) is 6.25. The maximum Gasteiger partial charge on any atom is 0.272 e. The van der Waals surface area contributed by atoms with Gasteiger partial charge in [-0.2, -0.15) is 0 Å². The maximum atomic E-state index is 12.0. The molecule has 1 amide bonds. The van der Waals surface area contributed by atoms with E-state index >= 15 is 0 Å². The van der Waals surface area contributed by atoms with Gasteiger partial charge in [0.15, 0.2) is 11.5 Å². The molecule has 1 heterocycles. The van der Waals surface area contributed by atoms with Crippen LogP contribution >= 0.6 is 0 Å². The van der Waals surface area contributed by atoms with Crippen LogP contribution in [0.1, 0.15) is 44.1 Å². The van der Waals surface area contributed by atoms with E-state index in [2.05, 4.69) is 4.98 Å². The Morgan fingerprint density at radius 1 is 1.30 bits per heavy atom. The van der Waals surface area contributed by atoms with E-state index in [0.29, 0.717) is 17.2 Å². The summed E-state index contributed by atoms with van der Waals surface area (Å²) in [5.41, 5.74) is 0.0306. The van der Waals surface area contributed by atoms with E-state index in [-0.39, 0.29) is 17.6 Å². The van der Waals surface area contributed by atoms with Crippen molar-refractivity contribution >= 4 is 5.91 Å². The predicted molar refractivity (Wildman–Crippen MR) is 76.3 cm³/mol. The average Bonchev–Trinajstić information content (AvgIpc) is 3.12. The highest BCUT2D eigenvalue weighted by atomic mass is 16.5. The van der Waals surface area contributed by atoms with E-state index in [1.54, 1.807) is 26.4 Å². The van der Waals surface area contributed by atoms with Crippen molar-refractivity contribution in [2.45, 2.75) is 45.3 Å². The topological polar surface area (TPSA) is 51.7 Å². The molecule has 1 aliphatic rings. The van der Waals surface area contributed by atoms with Crippen molar-refractivity contribution in [3.05, 3.63) is 18.0 Å². The molecule has 1 aromatic heterocycles. The molecule has 0 aromatic carbocycles. The second kappa shape index (κ2) is 5.31. The minimum atomic E-state index is -0.337. The Kier molecular flexibility index (Phi) is 3.88. The van der Waals surface area contributed by atoms with Gasteiger partial charge in [0.25, 0.3) is 5.91 Å². The van der Waals surface area contributed by atoms with Crippen LogP contribution in [-0.4, -0.2) is 41.6 Å². The summed E-state index contributed by atoms with van der Waals surface area (Å²) >= 11 is 0. The summed E-state index contributed by atoms with van der Waals surface area (Å²) < 4.78 is 11.7. The Morgan fingerprint density at radius 2 is 1.95 bits per heavy atom. The minimum absolute atomic E-state index is 0.145. The highest BCUT2D eigenvalue weighted by Gasteiger charge is 2.27. The SMILES string of the molecule is CN(C)C(=O)c1cc(OC2CC2)c(OC(C)(C)C)cn1. The molecule has 1 aliphatic carbocycles. The Labute approximate surface area is 119 Å². The van der Waals surface area contributed by atoms with Gasteiger partial charge in [0.2, 0.25) is 0 Å². The third kappa shape index (κ3) is 3.85. The summed E-state index contributed by atoms with van der Waals surface area (Å²) in [5.74, 6) is 1.04. The lowest BCUT2D eigenvalue weighted by Gasteiger charge is -2.23. The fraction of sp³-hybridized carbons (Fsp3) is 0.600. The number of aromatic nitrogens is 1. The first-order valence-corrected chi connectivity index (χ1v) is 6.83. The standard InChI is InChI=1S/C15H22N2O3/c1-15(2,3)20-13-9-16-11(14(18)17(4)5)8-12(13)19-10-6-7-10/h8-10H,6-7H2,1-5H3. The van der Waals surface area contributed by atoms with Gasteiger partial charge in [0.05, 0.1) is 12.3 Å². The number of rotatable bonds is 4. The highest BCUT2D eigenvalue weighted by molar-refractivity contribution is 5.92. The van der Waals surface area contributed by atoms with Crippen molar-refractivity contribution < 1.29 is 14.3 Å². The lowest BCUT2D eigenvalue weighted by Crippen LogP contribution is -2.25. The number of carbonyl (C=O) groups excluding carboxylic acids is 1. The van der Waals surface area contributed by atoms with Crippen molar-refractivity contribution in [1.29, 1.82) is 0 Å². The van der Waals surface area contributed by atoms with E-state index < -0.39 is 0 Å². The molecule has 5 heteroatoms. The van der Waals surface area contributed by atoms with Crippen LogP contribution in [0.2, 0.25) is 0 Å². The summed E-state index contributed by atoms with van der Waals surface area (Å²) in [7, 11) is 3.40. The molecule has 2 rings (SSSR count). The third-order valence-electron chi connectivity index (χ3n) is 2.69. The number of amides is 1. The van der Waals surface area contributed by atoms with Crippen LogP contribution in [0.3, 0.4) is 0 Å². The first kappa shape index (κ1) is 14.6. The second-order valence-electron chi connectivity index (χ2n) is 6.25. The monoisotopic (exact) mass is 278 g/mol. The number of nitrogens with zero attached hydrogens (tertiary/aromatic N) is 2. The van der Waals surface area contributed by atoms with Crippen molar-refractivity contribution in [3.8, 4) is 11.5 Å². The quantitative estimate of drug-likeness (QED) is 0.849. The third-order valence-corrected chi connectivity index (χ3v) is 2.69. The van der Waals surface area contributed by atoms with Gasteiger partial charge in [0, 0.05) is 20.2 Å². The van der Waals surface area contributed by atoms with Gasteiger partial charge in [0.1, 0.15) is 11.3 Å². The first-order chi connectivity index (χ1) is 9.26. The molecule has 0 saturated heterocycles. The first-order valence-electron chi connectivity index (χ1n) is 6.83. The molecular weight excluding hydrogens is 256 g/mol. The normalized spacial score (nSPS) is 14.8. The number of pyridine rings is 1. The fourth-order valence-electron chi connectivity index (χ4n) is 1.63. The Morgan fingerprint density at radius 3 is 2.45 bits per heavy atom. The number of carbonyl (C=O) groups is 1. The summed E-state index contributed by atoms with van der Waals surface area (Å²) in [5, 5.41) is 0. The van der Waals surface area contributed by atoms with Gasteiger partial charge < -0.3 is 14.4 Å².